The van der Waals surface area contributed by atoms with Crippen molar-refractivity contribution in [3.63, 3.8) is 0 Å². The monoisotopic (exact) mass is 343 g/mol. The van der Waals surface area contributed by atoms with Crippen molar-refractivity contribution in [1.82, 2.24) is 15.5 Å². The van der Waals surface area contributed by atoms with Crippen molar-refractivity contribution in [2.45, 2.75) is 52.5 Å². The van der Waals surface area contributed by atoms with Gasteiger partial charge in [-0.1, -0.05) is 32.9 Å². The summed E-state index contributed by atoms with van der Waals surface area (Å²) in [4.78, 5) is 11.6. The second-order valence-corrected chi connectivity index (χ2v) is 8.25. The van der Waals surface area contributed by atoms with Crippen molar-refractivity contribution >= 4 is 5.91 Å². The quantitative estimate of drug-likeness (QED) is 0.646. The highest BCUT2D eigenvalue weighted by molar-refractivity contribution is 5.93. The molecule has 0 saturated heterocycles. The van der Waals surface area contributed by atoms with E-state index in [0.717, 1.165) is 13.0 Å². The summed E-state index contributed by atoms with van der Waals surface area (Å²) in [6, 6.07) is 7.79. The van der Waals surface area contributed by atoms with E-state index in [1.165, 1.54) is 30.5 Å². The summed E-state index contributed by atoms with van der Waals surface area (Å²) in [6.07, 6.45) is 4.92. The van der Waals surface area contributed by atoms with Crippen LogP contribution in [0.5, 0.6) is 0 Å². The molecule has 1 aliphatic carbocycles. The summed E-state index contributed by atoms with van der Waals surface area (Å²) in [7, 11) is 2.17. The third-order valence-corrected chi connectivity index (χ3v) is 5.27. The van der Waals surface area contributed by atoms with Crippen LogP contribution in [0.25, 0.3) is 0 Å². The average molecular weight is 343 g/mol. The fourth-order valence-corrected chi connectivity index (χ4v) is 4.20. The van der Waals surface area contributed by atoms with Gasteiger partial charge in [-0.15, -0.1) is 0 Å². The Morgan fingerprint density at radius 3 is 2.40 bits per heavy atom. The molecule has 1 aromatic carbocycles. The lowest BCUT2D eigenvalue weighted by molar-refractivity contribution is -0.0262. The van der Waals surface area contributed by atoms with Gasteiger partial charge < -0.3 is 5.01 Å². The van der Waals surface area contributed by atoms with Gasteiger partial charge in [-0.25, -0.2) is 10.5 Å². The number of carbonyl (C=O) groups excluding carboxylic acids is 1. The summed E-state index contributed by atoms with van der Waals surface area (Å²) in [5.74, 6) is -0.477. The fraction of sp³-hybridized carbons (Fsp3) is 0.550. The van der Waals surface area contributed by atoms with Gasteiger partial charge in [-0.05, 0) is 54.4 Å². The molecule has 0 spiro atoms. The van der Waals surface area contributed by atoms with Gasteiger partial charge in [0, 0.05) is 24.9 Å². The van der Waals surface area contributed by atoms with Gasteiger partial charge >= 0.3 is 0 Å². The maximum atomic E-state index is 11.6. The van der Waals surface area contributed by atoms with E-state index in [-0.39, 0.29) is 11.5 Å². The second kappa shape index (κ2) is 6.81. The lowest BCUT2D eigenvalue weighted by atomic mass is 9.81. The minimum absolute atomic E-state index is 0.0366. The van der Waals surface area contributed by atoms with E-state index in [0.29, 0.717) is 5.56 Å². The molecule has 2 aliphatic rings. The first-order valence-electron chi connectivity index (χ1n) is 9.08. The molecule has 1 aromatic rings. The number of nitrogens with one attached hydrogen (secondary N) is 1. The topological polar surface area (TPSA) is 55.8 Å². The minimum atomic E-state index is -0.477. The van der Waals surface area contributed by atoms with E-state index in [4.69, 9.17) is 5.21 Å². The SMILES string of the molecule is CN1CC2=C(CCCC2)N1C(c1ccc(C(=O)NO)cc1)C(C)(C)C. The van der Waals surface area contributed by atoms with Crippen molar-refractivity contribution in [2.24, 2.45) is 5.41 Å². The molecule has 136 valence electrons. The standard InChI is InChI=1S/C20H29N3O2/c1-20(2,3)18(14-9-11-15(12-10-14)19(24)21-25)23-17-8-6-5-7-16(17)13-22(23)4/h9-12,18,25H,5-8,13H2,1-4H3,(H,21,24). The molecule has 5 nitrogen and oxygen atoms in total. The van der Waals surface area contributed by atoms with E-state index >= 15 is 0 Å². The van der Waals surface area contributed by atoms with Crippen LogP contribution in [-0.4, -0.2) is 34.7 Å². The molecule has 3 rings (SSSR count). The maximum absolute atomic E-state index is 11.6. The number of hydrazine groups is 1. The average Bonchev–Trinajstić information content (AvgIpc) is 2.90. The smallest absolute Gasteiger partial charge is 0.274 e. The van der Waals surface area contributed by atoms with Crippen LogP contribution < -0.4 is 5.48 Å². The molecule has 1 unspecified atom stereocenters. The minimum Gasteiger partial charge on any atom is -0.302 e. The molecule has 5 heteroatoms. The Bertz CT molecular complexity index is 673. The van der Waals surface area contributed by atoms with Crippen LogP contribution >= 0.6 is 0 Å². The first-order valence-corrected chi connectivity index (χ1v) is 9.08. The first kappa shape index (κ1) is 18.0. The third-order valence-electron chi connectivity index (χ3n) is 5.27. The Balaban J connectivity index is 1.98. The van der Waals surface area contributed by atoms with Crippen molar-refractivity contribution in [1.29, 1.82) is 0 Å². The number of likely N-dealkylation sites (N-methyl/N-ethyl adjacent to an activating group) is 1. The number of carbonyl (C=O) groups is 1. The molecule has 1 heterocycles. The zero-order valence-electron chi connectivity index (χ0n) is 15.7. The van der Waals surface area contributed by atoms with Gasteiger partial charge in [0.1, 0.15) is 0 Å². The zero-order chi connectivity index (χ0) is 18.2. The van der Waals surface area contributed by atoms with Gasteiger partial charge in [0.15, 0.2) is 0 Å². The number of hydrogen-bond donors (Lipinski definition) is 2. The van der Waals surface area contributed by atoms with Gasteiger partial charge in [-0.2, -0.15) is 0 Å². The summed E-state index contributed by atoms with van der Waals surface area (Å²) < 4.78 is 0. The molecule has 2 N–H and O–H groups in total. The van der Waals surface area contributed by atoms with Crippen molar-refractivity contribution < 1.29 is 10.0 Å². The van der Waals surface area contributed by atoms with Crippen LogP contribution in [-0.2, 0) is 0 Å². The van der Waals surface area contributed by atoms with E-state index in [1.807, 2.05) is 12.1 Å². The summed E-state index contributed by atoms with van der Waals surface area (Å²) in [6.45, 7) is 7.82. The predicted molar refractivity (Wildman–Crippen MR) is 97.9 cm³/mol. The van der Waals surface area contributed by atoms with E-state index in [2.05, 4.69) is 37.8 Å². The molecule has 0 fully saturated rings. The number of hydrogen-bond acceptors (Lipinski definition) is 4. The van der Waals surface area contributed by atoms with E-state index in [1.54, 1.807) is 23.2 Å². The summed E-state index contributed by atoms with van der Waals surface area (Å²) in [5, 5.41) is 13.6. The molecule has 1 amide bonds. The Labute approximate surface area is 150 Å². The van der Waals surface area contributed by atoms with Crippen LogP contribution in [0.3, 0.4) is 0 Å². The summed E-state index contributed by atoms with van der Waals surface area (Å²) in [5.41, 5.74) is 6.46. The van der Waals surface area contributed by atoms with Crippen molar-refractivity contribution in [3.8, 4) is 0 Å². The highest BCUT2D eigenvalue weighted by Gasteiger charge is 2.40. The van der Waals surface area contributed by atoms with Crippen LogP contribution in [0, 0.1) is 5.41 Å². The molecular formula is C20H29N3O2. The number of nitrogens with zero attached hydrogens (tertiary/aromatic N) is 2. The Morgan fingerprint density at radius 1 is 1.16 bits per heavy atom. The molecule has 25 heavy (non-hydrogen) atoms. The predicted octanol–water partition coefficient (Wildman–Crippen LogP) is 3.88. The van der Waals surface area contributed by atoms with Gasteiger partial charge in [0.2, 0.25) is 0 Å². The summed E-state index contributed by atoms with van der Waals surface area (Å²) >= 11 is 0. The van der Waals surface area contributed by atoms with Crippen LogP contribution in [0.15, 0.2) is 35.5 Å². The molecule has 0 radical (unpaired) electrons. The molecule has 1 aliphatic heterocycles. The molecule has 0 aromatic heterocycles. The third kappa shape index (κ3) is 3.44. The Morgan fingerprint density at radius 2 is 1.80 bits per heavy atom. The van der Waals surface area contributed by atoms with E-state index < -0.39 is 5.91 Å². The van der Waals surface area contributed by atoms with E-state index in [9.17, 15) is 4.79 Å². The zero-order valence-corrected chi connectivity index (χ0v) is 15.7. The van der Waals surface area contributed by atoms with Crippen LogP contribution in [0.1, 0.15) is 68.4 Å². The van der Waals surface area contributed by atoms with Crippen LogP contribution in [0.2, 0.25) is 0 Å². The van der Waals surface area contributed by atoms with Crippen molar-refractivity contribution in [2.75, 3.05) is 13.6 Å². The molecule has 1 atom stereocenters. The highest BCUT2D eigenvalue weighted by atomic mass is 16.5. The lowest BCUT2D eigenvalue weighted by Gasteiger charge is -2.44. The largest absolute Gasteiger partial charge is 0.302 e. The number of amides is 1. The maximum Gasteiger partial charge on any atom is 0.274 e. The lowest BCUT2D eigenvalue weighted by Crippen LogP contribution is -2.43. The van der Waals surface area contributed by atoms with Gasteiger partial charge in [-0.3, -0.25) is 10.0 Å². The molecular weight excluding hydrogens is 314 g/mol. The van der Waals surface area contributed by atoms with Crippen molar-refractivity contribution in [3.05, 3.63) is 46.7 Å². The fourth-order valence-electron chi connectivity index (χ4n) is 4.20. The first-order chi connectivity index (χ1) is 11.8. The number of rotatable bonds is 3. The van der Waals surface area contributed by atoms with Gasteiger partial charge in [0.05, 0.1) is 6.04 Å². The Kier molecular flexibility index (Phi) is 4.89. The molecule has 0 bridgehead atoms. The normalized spacial score (nSPS) is 19.8. The number of allylic oxidation sites excluding steroid dienone is 1. The van der Waals surface area contributed by atoms with Crippen LogP contribution in [0.4, 0.5) is 0 Å². The number of benzene rings is 1. The number of hydroxylamine groups is 1. The Hall–Kier alpha value is -1.85. The highest BCUT2D eigenvalue weighted by Crippen LogP contribution is 2.46. The molecule has 0 saturated carbocycles. The second-order valence-electron chi connectivity index (χ2n) is 8.25. The van der Waals surface area contributed by atoms with Gasteiger partial charge in [0.25, 0.3) is 5.91 Å².